The summed E-state index contributed by atoms with van der Waals surface area (Å²) in [4.78, 5) is 11.8. The number of aromatic amines is 1. The molecule has 0 aliphatic carbocycles. The molecule has 3 aromatic rings. The Hall–Kier alpha value is -2.13. The van der Waals surface area contributed by atoms with E-state index in [2.05, 4.69) is 15.0 Å². The van der Waals surface area contributed by atoms with Crippen LogP contribution in [0.2, 0.25) is 5.02 Å². The summed E-state index contributed by atoms with van der Waals surface area (Å²) in [5, 5.41) is 0.698. The predicted octanol–water partition coefficient (Wildman–Crippen LogP) is 3.97. The topological polar surface area (TPSA) is 41.0 Å². The molecule has 0 aliphatic rings. The molecule has 88 valence electrons. The van der Waals surface area contributed by atoms with Gasteiger partial charge in [0.05, 0.1) is 11.0 Å². The Morgan fingerprint density at radius 1 is 1.11 bits per heavy atom. The Kier molecular flexibility index (Phi) is 2.82. The second-order valence-electron chi connectivity index (χ2n) is 3.89. The van der Waals surface area contributed by atoms with Gasteiger partial charge < -0.3 is 4.98 Å². The molecule has 1 heterocycles. The van der Waals surface area contributed by atoms with Crippen molar-refractivity contribution in [2.24, 2.45) is 4.99 Å². The lowest BCUT2D eigenvalue weighted by molar-refractivity contribution is 1.27. The molecule has 0 saturated carbocycles. The lowest BCUT2D eigenvalue weighted by atomic mass is 10.2. The first kappa shape index (κ1) is 11.0. The first-order valence-electron chi connectivity index (χ1n) is 5.56. The third-order valence-corrected chi connectivity index (χ3v) is 2.80. The van der Waals surface area contributed by atoms with E-state index < -0.39 is 0 Å². The summed E-state index contributed by atoms with van der Waals surface area (Å²) < 4.78 is 0. The number of aliphatic imine (C=N–C) groups is 1. The van der Waals surface area contributed by atoms with Gasteiger partial charge in [-0.15, -0.1) is 0 Å². The Labute approximate surface area is 109 Å². The molecule has 2 aromatic carbocycles. The van der Waals surface area contributed by atoms with Crippen LogP contribution in [0.1, 0.15) is 5.56 Å². The molecule has 1 aromatic heterocycles. The number of fused-ring (bicyclic) bond motifs is 1. The maximum atomic E-state index is 5.91. The Bertz CT molecular complexity index is 683. The van der Waals surface area contributed by atoms with Crippen molar-refractivity contribution in [1.82, 2.24) is 9.97 Å². The molecule has 0 radical (unpaired) electrons. The average molecular weight is 256 g/mol. The number of imidazole rings is 1. The van der Waals surface area contributed by atoms with Crippen molar-refractivity contribution in [3.05, 3.63) is 59.1 Å². The zero-order chi connectivity index (χ0) is 12.4. The van der Waals surface area contributed by atoms with E-state index in [-0.39, 0.29) is 0 Å². The monoisotopic (exact) mass is 255 g/mol. The summed E-state index contributed by atoms with van der Waals surface area (Å²) in [6.45, 7) is 0. The van der Waals surface area contributed by atoms with Crippen LogP contribution in [0.3, 0.4) is 0 Å². The van der Waals surface area contributed by atoms with Crippen LogP contribution in [0.4, 0.5) is 5.95 Å². The van der Waals surface area contributed by atoms with Gasteiger partial charge in [0.2, 0.25) is 5.95 Å². The molecule has 0 bridgehead atoms. The van der Waals surface area contributed by atoms with Crippen molar-refractivity contribution < 1.29 is 0 Å². The molecular formula is C14H10ClN3. The number of nitrogens with one attached hydrogen (secondary N) is 1. The van der Waals surface area contributed by atoms with Gasteiger partial charge in [-0.3, -0.25) is 0 Å². The number of rotatable bonds is 2. The van der Waals surface area contributed by atoms with Gasteiger partial charge in [-0.2, -0.15) is 0 Å². The van der Waals surface area contributed by atoms with E-state index in [0.717, 1.165) is 16.6 Å². The number of H-pyrrole nitrogens is 1. The van der Waals surface area contributed by atoms with Crippen molar-refractivity contribution >= 4 is 34.8 Å². The molecular weight excluding hydrogens is 246 g/mol. The van der Waals surface area contributed by atoms with Crippen molar-refractivity contribution in [3.8, 4) is 0 Å². The van der Waals surface area contributed by atoms with Crippen LogP contribution < -0.4 is 0 Å². The van der Waals surface area contributed by atoms with E-state index in [1.165, 1.54) is 0 Å². The molecule has 0 aliphatic heterocycles. The maximum Gasteiger partial charge on any atom is 0.227 e. The van der Waals surface area contributed by atoms with Gasteiger partial charge in [-0.1, -0.05) is 35.9 Å². The highest BCUT2D eigenvalue weighted by Gasteiger charge is 1.98. The second kappa shape index (κ2) is 4.63. The zero-order valence-electron chi connectivity index (χ0n) is 9.47. The lowest BCUT2D eigenvalue weighted by Crippen LogP contribution is -1.79. The molecule has 18 heavy (non-hydrogen) atoms. The Morgan fingerprint density at radius 2 is 2.00 bits per heavy atom. The predicted molar refractivity (Wildman–Crippen MR) is 74.8 cm³/mol. The fourth-order valence-corrected chi connectivity index (χ4v) is 1.92. The highest BCUT2D eigenvalue weighted by atomic mass is 35.5. The van der Waals surface area contributed by atoms with Crippen LogP contribution in [0.25, 0.3) is 11.0 Å². The van der Waals surface area contributed by atoms with E-state index in [0.29, 0.717) is 11.0 Å². The van der Waals surface area contributed by atoms with E-state index >= 15 is 0 Å². The van der Waals surface area contributed by atoms with Crippen LogP contribution in [0.5, 0.6) is 0 Å². The summed E-state index contributed by atoms with van der Waals surface area (Å²) >= 11 is 5.91. The molecule has 1 N–H and O–H groups in total. The largest absolute Gasteiger partial charge is 0.322 e. The molecule has 0 unspecified atom stereocenters. The van der Waals surface area contributed by atoms with Gasteiger partial charge in [-0.05, 0) is 29.8 Å². The van der Waals surface area contributed by atoms with Crippen LogP contribution in [0.15, 0.2) is 53.5 Å². The summed E-state index contributed by atoms with van der Waals surface area (Å²) in [5.74, 6) is 0.594. The standard InChI is InChI=1S/C14H10ClN3/c15-11-5-3-4-10(8-11)9-16-14-17-12-6-1-2-7-13(12)18-14/h1-9H,(H,17,18)/b16-9+. The second-order valence-corrected chi connectivity index (χ2v) is 4.33. The Balaban J connectivity index is 1.92. The van der Waals surface area contributed by atoms with Crippen molar-refractivity contribution in [3.63, 3.8) is 0 Å². The molecule has 0 atom stereocenters. The number of hydrogen-bond acceptors (Lipinski definition) is 2. The fourth-order valence-electron chi connectivity index (χ4n) is 1.72. The molecule has 0 amide bonds. The third kappa shape index (κ3) is 2.26. The zero-order valence-corrected chi connectivity index (χ0v) is 10.2. The first-order chi connectivity index (χ1) is 8.81. The summed E-state index contributed by atoms with van der Waals surface area (Å²) in [6.07, 6.45) is 1.74. The highest BCUT2D eigenvalue weighted by molar-refractivity contribution is 6.30. The average Bonchev–Trinajstić information content (AvgIpc) is 2.79. The van der Waals surface area contributed by atoms with Crippen molar-refractivity contribution in [2.45, 2.75) is 0 Å². The number of para-hydroxylation sites is 2. The Morgan fingerprint density at radius 3 is 2.83 bits per heavy atom. The number of halogens is 1. The van der Waals surface area contributed by atoms with Gasteiger partial charge in [0.15, 0.2) is 0 Å². The first-order valence-corrected chi connectivity index (χ1v) is 5.93. The summed E-state index contributed by atoms with van der Waals surface area (Å²) in [5.41, 5.74) is 2.84. The quantitative estimate of drug-likeness (QED) is 0.692. The van der Waals surface area contributed by atoms with E-state index in [1.807, 2.05) is 48.5 Å². The molecule has 0 fully saturated rings. The number of benzene rings is 2. The van der Waals surface area contributed by atoms with E-state index in [4.69, 9.17) is 11.6 Å². The summed E-state index contributed by atoms with van der Waals surface area (Å²) in [6, 6.07) is 15.4. The molecule has 4 heteroatoms. The SMILES string of the molecule is Clc1cccc(/C=N/c2nc3ccccc3[nH]2)c1. The number of aromatic nitrogens is 2. The minimum atomic E-state index is 0.594. The van der Waals surface area contributed by atoms with Crippen molar-refractivity contribution in [2.75, 3.05) is 0 Å². The minimum absolute atomic E-state index is 0.594. The van der Waals surface area contributed by atoms with Crippen LogP contribution in [0, 0.1) is 0 Å². The number of nitrogens with zero attached hydrogens (tertiary/aromatic N) is 2. The van der Waals surface area contributed by atoms with E-state index in [9.17, 15) is 0 Å². The molecule has 0 saturated heterocycles. The van der Waals surface area contributed by atoms with Gasteiger partial charge in [0, 0.05) is 11.2 Å². The fraction of sp³-hybridized carbons (Fsp3) is 0. The number of hydrogen-bond donors (Lipinski definition) is 1. The maximum absolute atomic E-state index is 5.91. The molecule has 3 rings (SSSR count). The summed E-state index contributed by atoms with van der Waals surface area (Å²) in [7, 11) is 0. The van der Waals surface area contributed by atoms with Gasteiger partial charge >= 0.3 is 0 Å². The van der Waals surface area contributed by atoms with Gasteiger partial charge in [0.25, 0.3) is 0 Å². The molecule has 0 spiro atoms. The normalized spacial score (nSPS) is 11.4. The van der Waals surface area contributed by atoms with Gasteiger partial charge in [-0.25, -0.2) is 9.98 Å². The van der Waals surface area contributed by atoms with Crippen LogP contribution in [-0.2, 0) is 0 Å². The highest BCUT2D eigenvalue weighted by Crippen LogP contribution is 2.16. The molecule has 3 nitrogen and oxygen atoms in total. The smallest absolute Gasteiger partial charge is 0.227 e. The minimum Gasteiger partial charge on any atom is -0.322 e. The van der Waals surface area contributed by atoms with Crippen LogP contribution >= 0.6 is 11.6 Å². The van der Waals surface area contributed by atoms with Crippen molar-refractivity contribution in [1.29, 1.82) is 0 Å². The van der Waals surface area contributed by atoms with Crippen LogP contribution in [-0.4, -0.2) is 16.2 Å². The third-order valence-electron chi connectivity index (χ3n) is 2.56. The van der Waals surface area contributed by atoms with E-state index in [1.54, 1.807) is 6.21 Å². The lowest BCUT2D eigenvalue weighted by Gasteiger charge is -1.92. The van der Waals surface area contributed by atoms with Gasteiger partial charge in [0.1, 0.15) is 0 Å².